The highest BCUT2D eigenvalue weighted by atomic mass is 32.3. The second-order valence-corrected chi connectivity index (χ2v) is 5.24. The molecule has 0 radical (unpaired) electrons. The Balaban J connectivity index is 2.40. The highest BCUT2D eigenvalue weighted by Crippen LogP contribution is 2.11. The van der Waals surface area contributed by atoms with E-state index in [2.05, 4.69) is 0 Å². The molecule has 1 rings (SSSR count). The van der Waals surface area contributed by atoms with Crippen molar-refractivity contribution in [3.63, 3.8) is 0 Å². The van der Waals surface area contributed by atoms with Crippen LogP contribution in [0.4, 0.5) is 0 Å². The lowest BCUT2D eigenvalue weighted by molar-refractivity contribution is -0.125. The molecule has 0 aromatic heterocycles. The quantitative estimate of drug-likeness (QED) is 0.629. The number of hydrogen-bond acceptors (Lipinski definition) is 4. The van der Waals surface area contributed by atoms with E-state index in [-0.39, 0.29) is 5.75 Å². The molecule has 5 nitrogen and oxygen atoms in total. The third-order valence-corrected chi connectivity index (χ3v) is 3.28. The molecule has 0 aliphatic carbocycles. The Bertz CT molecular complexity index is 211. The number of ether oxygens (including phenoxy) is 1. The number of likely N-dealkylation sites (N-methyl/N-ethyl adjacent to an activating group) is 1. The van der Waals surface area contributed by atoms with Gasteiger partial charge < -0.3 is 9.29 Å². The van der Waals surface area contributed by atoms with Crippen LogP contribution in [-0.2, 0) is 19.4 Å². The van der Waals surface area contributed by atoms with Gasteiger partial charge in [0.25, 0.3) is 0 Å². The van der Waals surface area contributed by atoms with E-state index in [0.29, 0.717) is 13.2 Å². The van der Waals surface area contributed by atoms with Crippen LogP contribution in [0.3, 0.4) is 0 Å². The van der Waals surface area contributed by atoms with Crippen LogP contribution in [0.1, 0.15) is 6.92 Å². The standard InChI is InChI=1S/C7H17NO4S/c1-3-13(9,10)12-7-6-8(2)4-5-11-7/h7,13H,3-6H2,1-2H3,(H,9,10). The molecule has 0 bridgehead atoms. The zero-order chi connectivity index (χ0) is 9.90. The lowest BCUT2D eigenvalue weighted by atomic mass is 10.4. The van der Waals surface area contributed by atoms with E-state index < -0.39 is 16.8 Å². The Hall–Kier alpha value is -0.0100. The summed E-state index contributed by atoms with van der Waals surface area (Å²) in [6.07, 6.45) is -0.561. The summed E-state index contributed by atoms with van der Waals surface area (Å²) in [6, 6.07) is 0. The molecule has 1 aliphatic rings. The maximum atomic E-state index is 11.2. The van der Waals surface area contributed by atoms with Gasteiger partial charge in [-0.2, -0.15) is 0 Å². The van der Waals surface area contributed by atoms with Crippen molar-refractivity contribution in [2.24, 2.45) is 0 Å². The summed E-state index contributed by atoms with van der Waals surface area (Å²) in [5, 5.41) is 0. The van der Waals surface area contributed by atoms with Crippen molar-refractivity contribution < 1.29 is 17.7 Å². The van der Waals surface area contributed by atoms with Gasteiger partial charge in [-0.15, -0.1) is 0 Å². The molecule has 1 atom stereocenters. The van der Waals surface area contributed by atoms with Crippen molar-refractivity contribution in [2.45, 2.75) is 13.2 Å². The fraction of sp³-hybridized carbons (Fsp3) is 1.00. The fourth-order valence-electron chi connectivity index (χ4n) is 1.06. The highest BCUT2D eigenvalue weighted by Gasteiger charge is 2.22. The molecule has 13 heavy (non-hydrogen) atoms. The van der Waals surface area contributed by atoms with E-state index in [0.717, 1.165) is 6.54 Å². The van der Waals surface area contributed by atoms with Crippen LogP contribution in [0.2, 0.25) is 0 Å². The average Bonchev–Trinajstić information content (AvgIpc) is 2.03. The minimum atomic E-state index is -3.42. The number of nitrogens with zero attached hydrogens (tertiary/aromatic N) is 1. The molecule has 80 valence electrons. The van der Waals surface area contributed by atoms with Crippen LogP contribution in [0.25, 0.3) is 0 Å². The van der Waals surface area contributed by atoms with Gasteiger partial charge in [-0.25, -0.2) is 4.21 Å². The summed E-state index contributed by atoms with van der Waals surface area (Å²) in [7, 11) is -1.50. The number of rotatable bonds is 3. The Morgan fingerprint density at radius 1 is 1.77 bits per heavy atom. The third-order valence-electron chi connectivity index (χ3n) is 1.92. The monoisotopic (exact) mass is 211 g/mol. The summed E-state index contributed by atoms with van der Waals surface area (Å²) < 4.78 is 30.5. The van der Waals surface area contributed by atoms with Crippen molar-refractivity contribution in [3.8, 4) is 0 Å². The molecular formula is C7H17NO4S. The summed E-state index contributed by atoms with van der Waals surface area (Å²) in [5.41, 5.74) is 0. The van der Waals surface area contributed by atoms with E-state index in [1.54, 1.807) is 6.92 Å². The van der Waals surface area contributed by atoms with Gasteiger partial charge in [0.05, 0.1) is 23.6 Å². The maximum absolute atomic E-state index is 11.2. The molecule has 1 aliphatic heterocycles. The van der Waals surface area contributed by atoms with Gasteiger partial charge >= 0.3 is 0 Å². The van der Waals surface area contributed by atoms with Gasteiger partial charge in [-0.1, -0.05) is 6.92 Å². The summed E-state index contributed by atoms with van der Waals surface area (Å²) in [6.45, 7) is 3.55. The van der Waals surface area contributed by atoms with Gasteiger partial charge in [0.2, 0.25) is 0 Å². The minimum absolute atomic E-state index is 0.122. The van der Waals surface area contributed by atoms with E-state index in [1.165, 1.54) is 0 Å². The average molecular weight is 211 g/mol. The lowest BCUT2D eigenvalue weighted by Gasteiger charge is -2.32. The summed E-state index contributed by atoms with van der Waals surface area (Å²) in [5.74, 6) is 0.122. The van der Waals surface area contributed by atoms with Crippen LogP contribution in [0, 0.1) is 0 Å². The molecular weight excluding hydrogens is 194 g/mol. The molecule has 0 aromatic rings. The van der Waals surface area contributed by atoms with Crippen LogP contribution in [-0.4, -0.2) is 52.4 Å². The van der Waals surface area contributed by atoms with E-state index >= 15 is 0 Å². The predicted octanol–water partition coefficient (Wildman–Crippen LogP) is -0.284. The Morgan fingerprint density at radius 2 is 2.46 bits per heavy atom. The van der Waals surface area contributed by atoms with Gasteiger partial charge in [0.15, 0.2) is 6.29 Å². The van der Waals surface area contributed by atoms with E-state index in [4.69, 9.17) is 8.92 Å². The van der Waals surface area contributed by atoms with Crippen molar-refractivity contribution >= 4 is 10.5 Å². The zero-order valence-corrected chi connectivity index (χ0v) is 8.87. The molecule has 1 unspecified atom stereocenters. The first-order chi connectivity index (χ1) is 6.03. The van der Waals surface area contributed by atoms with Crippen LogP contribution in [0.15, 0.2) is 0 Å². The second-order valence-electron chi connectivity index (χ2n) is 3.12. The highest BCUT2D eigenvalue weighted by molar-refractivity contribution is 7.93. The van der Waals surface area contributed by atoms with Crippen molar-refractivity contribution in [3.05, 3.63) is 0 Å². The predicted molar refractivity (Wildman–Crippen MR) is 51.0 cm³/mol. The van der Waals surface area contributed by atoms with Crippen molar-refractivity contribution in [1.29, 1.82) is 0 Å². The molecule has 1 N–H and O–H groups in total. The molecule has 0 amide bonds. The Morgan fingerprint density at radius 3 is 3.00 bits per heavy atom. The van der Waals surface area contributed by atoms with Crippen LogP contribution >= 0.6 is 0 Å². The second kappa shape index (κ2) is 4.47. The molecule has 0 aromatic carbocycles. The Labute approximate surface area is 79.5 Å². The van der Waals surface area contributed by atoms with Gasteiger partial charge in [-0.05, 0) is 7.05 Å². The number of thiol groups is 1. The van der Waals surface area contributed by atoms with Gasteiger partial charge in [0, 0.05) is 12.3 Å². The fourth-order valence-corrected chi connectivity index (χ4v) is 1.70. The van der Waals surface area contributed by atoms with Gasteiger partial charge in [0.1, 0.15) is 0 Å². The number of hydrogen-bond donors (Lipinski definition) is 2. The van der Waals surface area contributed by atoms with Gasteiger partial charge in [-0.3, -0.25) is 9.08 Å². The van der Waals surface area contributed by atoms with E-state index in [9.17, 15) is 8.76 Å². The molecule has 1 saturated heterocycles. The van der Waals surface area contributed by atoms with Crippen LogP contribution in [0.5, 0.6) is 0 Å². The summed E-state index contributed by atoms with van der Waals surface area (Å²) in [4.78, 5) is 2.00. The molecule has 6 heteroatoms. The largest absolute Gasteiger partial charge is 0.349 e. The smallest absolute Gasteiger partial charge is 0.185 e. The van der Waals surface area contributed by atoms with Crippen molar-refractivity contribution in [2.75, 3.05) is 32.5 Å². The van der Waals surface area contributed by atoms with Crippen LogP contribution < -0.4 is 0 Å². The normalized spacial score (nSPS) is 27.5. The van der Waals surface area contributed by atoms with Crippen molar-refractivity contribution in [1.82, 2.24) is 4.90 Å². The molecule has 0 saturated carbocycles. The first kappa shape index (κ1) is 11.1. The Kier molecular flexibility index (Phi) is 3.81. The SMILES string of the molecule is CC[SH](=O)(O)OC1CN(C)CCO1. The number of morpholine rings is 1. The summed E-state index contributed by atoms with van der Waals surface area (Å²) >= 11 is 0. The van der Waals surface area contributed by atoms with E-state index in [1.807, 2.05) is 11.9 Å². The first-order valence-corrected chi connectivity index (χ1v) is 6.10. The third kappa shape index (κ3) is 3.70. The maximum Gasteiger partial charge on any atom is 0.185 e. The molecule has 1 fully saturated rings. The lowest BCUT2D eigenvalue weighted by Crippen LogP contribution is -2.43. The topological polar surface area (TPSA) is 59.0 Å². The first-order valence-electron chi connectivity index (χ1n) is 4.34. The minimum Gasteiger partial charge on any atom is -0.349 e. The zero-order valence-electron chi connectivity index (χ0n) is 7.97. The molecule has 0 spiro atoms. The molecule has 1 heterocycles.